The molecule has 1 N–H and O–H groups in total. The Morgan fingerprint density at radius 3 is 2.56 bits per heavy atom. The van der Waals surface area contributed by atoms with Gasteiger partial charge in [-0.1, -0.05) is 48.5 Å². The van der Waals surface area contributed by atoms with Crippen LogP contribution in [-0.4, -0.2) is 33.6 Å². The van der Waals surface area contributed by atoms with Gasteiger partial charge in [-0.2, -0.15) is 0 Å². The first-order valence-electron chi connectivity index (χ1n) is 6.67. The summed E-state index contributed by atoms with van der Waals surface area (Å²) in [5.41, 5.74) is 0.584. The lowest BCUT2D eigenvalue weighted by molar-refractivity contribution is -0.122. The van der Waals surface area contributed by atoms with Crippen molar-refractivity contribution in [2.24, 2.45) is 0 Å². The number of carbonyl (C=O) groups excluding carboxylic acids is 1. The van der Waals surface area contributed by atoms with Gasteiger partial charge in [0.1, 0.15) is 0 Å². The van der Waals surface area contributed by atoms with Gasteiger partial charge in [0.2, 0.25) is 15.7 Å². The molecule has 1 atom stereocenters. The van der Waals surface area contributed by atoms with Crippen LogP contribution in [0.25, 0.3) is 0 Å². The van der Waals surface area contributed by atoms with E-state index in [-0.39, 0.29) is 5.91 Å². The molecule has 1 unspecified atom stereocenters. The van der Waals surface area contributed by atoms with Gasteiger partial charge in [-0.05, 0) is 25.8 Å². The molecule has 0 saturated heterocycles. The van der Waals surface area contributed by atoms with Crippen molar-refractivity contribution >= 4 is 31.6 Å². The molecular weight excluding hydrogens is 310 g/mol. The third kappa shape index (κ3) is 9.11. The Kier molecular flexibility index (Phi) is 10.0. The molecule has 0 aromatic carbocycles. The van der Waals surface area contributed by atoms with Crippen LogP contribution in [0.5, 0.6) is 0 Å². The number of carbonyl (C=O) groups is 1. The van der Waals surface area contributed by atoms with Crippen molar-refractivity contribution in [1.82, 2.24) is 5.32 Å². The van der Waals surface area contributed by atoms with E-state index in [1.54, 1.807) is 7.11 Å². The predicted octanol–water partition coefficient (Wildman–Crippen LogP) is 3.30. The molecule has 0 rings (SSSR count). The molecule has 2 radical (unpaired) electrons. The molecule has 5 heteroatoms. The van der Waals surface area contributed by atoms with Crippen molar-refractivity contribution in [3.8, 4) is 0 Å². The Labute approximate surface area is 123 Å². The molecule has 0 spiro atoms. The molecule has 0 aliphatic carbocycles. The molecule has 18 heavy (non-hydrogen) atoms. The minimum Gasteiger partial charge on any atom is -0.420 e. The van der Waals surface area contributed by atoms with Gasteiger partial charge in [0, 0.05) is 13.7 Å². The SMILES string of the molecule is CCCCCC(CCNC(=O)C(C)(C)Br)[Si]OC. The number of hydrogen-bond donors (Lipinski definition) is 1. The molecule has 0 bridgehead atoms. The predicted molar refractivity (Wildman–Crippen MR) is 81.3 cm³/mol. The van der Waals surface area contributed by atoms with Crippen LogP contribution in [0.15, 0.2) is 0 Å². The summed E-state index contributed by atoms with van der Waals surface area (Å²) in [6.45, 7) is 6.67. The lowest BCUT2D eigenvalue weighted by Gasteiger charge is -2.18. The molecule has 0 saturated carbocycles. The van der Waals surface area contributed by atoms with Crippen LogP contribution in [0.3, 0.4) is 0 Å². The van der Waals surface area contributed by atoms with Crippen LogP contribution >= 0.6 is 15.9 Å². The highest BCUT2D eigenvalue weighted by Gasteiger charge is 2.23. The molecule has 0 aliphatic rings. The largest absolute Gasteiger partial charge is 0.420 e. The maximum absolute atomic E-state index is 11.7. The van der Waals surface area contributed by atoms with E-state index in [2.05, 4.69) is 28.2 Å². The average Bonchev–Trinajstić information content (AvgIpc) is 2.28. The summed E-state index contributed by atoms with van der Waals surface area (Å²) in [7, 11) is 2.30. The third-order valence-corrected chi connectivity index (χ3v) is 4.27. The highest BCUT2D eigenvalue weighted by atomic mass is 79.9. The van der Waals surface area contributed by atoms with Crippen LogP contribution in [0.4, 0.5) is 0 Å². The van der Waals surface area contributed by atoms with E-state index in [9.17, 15) is 4.79 Å². The summed E-state index contributed by atoms with van der Waals surface area (Å²) < 4.78 is 4.79. The molecule has 0 aromatic rings. The standard InChI is InChI=1S/C13H26BrNO2Si/c1-5-6-7-8-11(18-17-4)9-10-15-12(16)13(2,3)14/h11H,5-10H2,1-4H3,(H,15,16). The maximum atomic E-state index is 11.7. The Morgan fingerprint density at radius 1 is 1.39 bits per heavy atom. The van der Waals surface area contributed by atoms with E-state index >= 15 is 0 Å². The van der Waals surface area contributed by atoms with E-state index in [0.717, 1.165) is 13.0 Å². The fraction of sp³-hybridized carbons (Fsp3) is 0.923. The lowest BCUT2D eigenvalue weighted by atomic mass is 10.1. The van der Waals surface area contributed by atoms with Crippen molar-refractivity contribution in [3.05, 3.63) is 0 Å². The van der Waals surface area contributed by atoms with Gasteiger partial charge >= 0.3 is 0 Å². The Bertz CT molecular complexity index is 232. The lowest BCUT2D eigenvalue weighted by Crippen LogP contribution is -2.38. The number of nitrogens with one attached hydrogen (secondary N) is 1. The zero-order chi connectivity index (χ0) is 14.0. The molecule has 1 amide bonds. The first kappa shape index (κ1) is 18.1. The second kappa shape index (κ2) is 9.98. The van der Waals surface area contributed by atoms with Crippen molar-refractivity contribution in [1.29, 1.82) is 0 Å². The molecule has 0 fully saturated rings. The fourth-order valence-electron chi connectivity index (χ4n) is 1.64. The molecule has 3 nitrogen and oxygen atoms in total. The quantitative estimate of drug-likeness (QED) is 0.378. The summed E-state index contributed by atoms with van der Waals surface area (Å²) in [5.74, 6) is 0.0514. The highest BCUT2D eigenvalue weighted by Crippen LogP contribution is 2.19. The third-order valence-electron chi connectivity index (χ3n) is 2.76. The zero-order valence-corrected chi connectivity index (χ0v) is 14.6. The van der Waals surface area contributed by atoms with Gasteiger partial charge in [-0.25, -0.2) is 0 Å². The first-order chi connectivity index (χ1) is 8.41. The average molecular weight is 336 g/mol. The minimum absolute atomic E-state index is 0.0514. The van der Waals surface area contributed by atoms with Gasteiger partial charge in [0.15, 0.2) is 0 Å². The van der Waals surface area contributed by atoms with Crippen molar-refractivity contribution in [2.45, 2.75) is 62.7 Å². The van der Waals surface area contributed by atoms with Gasteiger partial charge in [-0.15, -0.1) is 0 Å². The van der Waals surface area contributed by atoms with E-state index < -0.39 is 4.32 Å². The molecule has 0 aliphatic heterocycles. The molecule has 0 aromatic heterocycles. The number of halogens is 1. The van der Waals surface area contributed by atoms with Crippen LogP contribution in [0.2, 0.25) is 5.54 Å². The summed E-state index contributed by atoms with van der Waals surface area (Å²) in [6.07, 6.45) is 6.00. The van der Waals surface area contributed by atoms with E-state index in [0.29, 0.717) is 15.3 Å². The van der Waals surface area contributed by atoms with Crippen LogP contribution in [0, 0.1) is 0 Å². The molecular formula is C13H26BrNO2Si. The zero-order valence-electron chi connectivity index (χ0n) is 12.0. The van der Waals surface area contributed by atoms with Crippen LogP contribution < -0.4 is 5.32 Å². The Morgan fingerprint density at radius 2 is 2.06 bits per heavy atom. The van der Waals surface area contributed by atoms with E-state index in [1.807, 2.05) is 13.8 Å². The number of alkyl halides is 1. The number of amides is 1. The van der Waals surface area contributed by atoms with E-state index in [4.69, 9.17) is 4.43 Å². The Balaban J connectivity index is 3.85. The van der Waals surface area contributed by atoms with Gasteiger partial charge in [-0.3, -0.25) is 4.79 Å². The van der Waals surface area contributed by atoms with Crippen LogP contribution in [0.1, 0.15) is 52.9 Å². The van der Waals surface area contributed by atoms with Crippen LogP contribution in [-0.2, 0) is 9.22 Å². The topological polar surface area (TPSA) is 38.3 Å². The molecule has 106 valence electrons. The second-order valence-corrected chi connectivity index (χ2v) is 8.47. The normalized spacial score (nSPS) is 13.4. The fourth-order valence-corrected chi connectivity index (χ4v) is 2.70. The second-order valence-electron chi connectivity index (χ2n) is 5.03. The summed E-state index contributed by atoms with van der Waals surface area (Å²) in [6, 6.07) is 0. The maximum Gasteiger partial charge on any atom is 0.236 e. The Hall–Kier alpha value is 0.127. The van der Waals surface area contributed by atoms with Gasteiger partial charge in [0.25, 0.3) is 0 Å². The number of rotatable bonds is 10. The van der Waals surface area contributed by atoms with Crippen molar-refractivity contribution in [2.75, 3.05) is 13.7 Å². The smallest absolute Gasteiger partial charge is 0.236 e. The monoisotopic (exact) mass is 335 g/mol. The number of unbranched alkanes of at least 4 members (excludes halogenated alkanes) is 2. The summed E-state index contributed by atoms with van der Waals surface area (Å²) in [4.78, 5) is 11.7. The van der Waals surface area contributed by atoms with E-state index in [1.165, 1.54) is 25.7 Å². The molecule has 0 heterocycles. The van der Waals surface area contributed by atoms with Gasteiger partial charge < -0.3 is 9.74 Å². The first-order valence-corrected chi connectivity index (χ1v) is 8.45. The summed E-state index contributed by atoms with van der Waals surface area (Å²) >= 11 is 3.36. The minimum atomic E-state index is -0.478. The summed E-state index contributed by atoms with van der Waals surface area (Å²) in [5, 5.41) is 2.96. The highest BCUT2D eigenvalue weighted by molar-refractivity contribution is 9.10. The van der Waals surface area contributed by atoms with Gasteiger partial charge in [0.05, 0.1) is 4.32 Å². The van der Waals surface area contributed by atoms with Crippen molar-refractivity contribution < 1.29 is 9.22 Å². The number of hydrogen-bond acceptors (Lipinski definition) is 2. The van der Waals surface area contributed by atoms with Crippen molar-refractivity contribution in [3.63, 3.8) is 0 Å².